The number of carbonyl (C=O) groups is 1. The summed E-state index contributed by atoms with van der Waals surface area (Å²) < 4.78 is 0. The summed E-state index contributed by atoms with van der Waals surface area (Å²) in [6.45, 7) is 1.97. The van der Waals surface area contributed by atoms with Crippen LogP contribution in [0.3, 0.4) is 0 Å². The average molecular weight is 311 g/mol. The van der Waals surface area contributed by atoms with E-state index in [1.165, 1.54) is 17.8 Å². The Morgan fingerprint density at radius 3 is 2.95 bits per heavy atom. The number of fused-ring (bicyclic) bond motifs is 1. The molecule has 1 N–H and O–H groups in total. The first-order valence-electron chi connectivity index (χ1n) is 6.66. The summed E-state index contributed by atoms with van der Waals surface area (Å²) in [6.07, 6.45) is 3.41. The second-order valence-corrected chi connectivity index (χ2v) is 6.01. The molecule has 0 aromatic carbocycles. The minimum Gasteiger partial charge on any atom is -0.360 e. The molecule has 7 heteroatoms. The number of hydrogen-bond donors (Lipinski definition) is 1. The van der Waals surface area contributed by atoms with Crippen LogP contribution in [0.4, 0.5) is 5.82 Å². The molecule has 0 atom stereocenters. The van der Waals surface area contributed by atoms with Crippen molar-refractivity contribution in [1.82, 2.24) is 14.9 Å². The van der Waals surface area contributed by atoms with E-state index in [-0.39, 0.29) is 17.7 Å². The van der Waals surface area contributed by atoms with Crippen molar-refractivity contribution in [3.8, 4) is 0 Å². The first kappa shape index (κ1) is 13.6. The summed E-state index contributed by atoms with van der Waals surface area (Å²) in [7, 11) is 0. The number of amides is 1. The molecule has 0 unspecified atom stereocenters. The average Bonchev–Trinajstić information content (AvgIpc) is 2.93. The van der Waals surface area contributed by atoms with E-state index in [0.717, 1.165) is 36.1 Å². The van der Waals surface area contributed by atoms with E-state index in [9.17, 15) is 4.79 Å². The van der Waals surface area contributed by atoms with Gasteiger partial charge in [-0.1, -0.05) is 0 Å². The Balaban J connectivity index is 1.70. The summed E-state index contributed by atoms with van der Waals surface area (Å²) in [6, 6.07) is 1.93. The maximum atomic E-state index is 12.1. The molecule has 0 radical (unpaired) electrons. The SMILES string of the molecule is O=C(CNc1nc(Cl)nc2sccc12)N1CCCCC1. The van der Waals surface area contributed by atoms with Crippen LogP contribution in [0, 0.1) is 0 Å². The highest BCUT2D eigenvalue weighted by molar-refractivity contribution is 7.16. The quantitative estimate of drug-likeness (QED) is 0.886. The van der Waals surface area contributed by atoms with E-state index in [2.05, 4.69) is 15.3 Å². The van der Waals surface area contributed by atoms with E-state index in [0.29, 0.717) is 5.82 Å². The lowest BCUT2D eigenvalue weighted by atomic mass is 10.1. The number of anilines is 1. The Kier molecular flexibility index (Phi) is 4.03. The first-order chi connectivity index (χ1) is 9.74. The Labute approximate surface area is 126 Å². The maximum absolute atomic E-state index is 12.1. The Bertz CT molecular complexity index is 624. The van der Waals surface area contributed by atoms with E-state index in [1.807, 2.05) is 16.3 Å². The molecule has 5 nitrogen and oxygen atoms in total. The third kappa shape index (κ3) is 2.86. The zero-order chi connectivity index (χ0) is 13.9. The van der Waals surface area contributed by atoms with Gasteiger partial charge in [-0.2, -0.15) is 0 Å². The second kappa shape index (κ2) is 5.93. The monoisotopic (exact) mass is 310 g/mol. The van der Waals surface area contributed by atoms with Crippen molar-refractivity contribution in [2.45, 2.75) is 19.3 Å². The smallest absolute Gasteiger partial charge is 0.241 e. The normalized spacial score (nSPS) is 15.6. The van der Waals surface area contributed by atoms with Crippen LogP contribution in [0.2, 0.25) is 5.28 Å². The molecule has 0 saturated carbocycles. The van der Waals surface area contributed by atoms with Crippen LogP contribution in [0.25, 0.3) is 10.2 Å². The number of thiophene rings is 1. The Hall–Kier alpha value is -1.40. The molecule has 106 valence electrons. The van der Waals surface area contributed by atoms with E-state index >= 15 is 0 Å². The molecule has 20 heavy (non-hydrogen) atoms. The molecule has 1 aliphatic heterocycles. The van der Waals surface area contributed by atoms with Crippen molar-refractivity contribution in [2.24, 2.45) is 0 Å². The van der Waals surface area contributed by atoms with Gasteiger partial charge in [0.1, 0.15) is 10.6 Å². The minimum absolute atomic E-state index is 0.114. The van der Waals surface area contributed by atoms with Crippen LogP contribution in [-0.4, -0.2) is 40.4 Å². The van der Waals surface area contributed by atoms with Gasteiger partial charge in [0, 0.05) is 13.1 Å². The van der Waals surface area contributed by atoms with Gasteiger partial charge in [0.15, 0.2) is 0 Å². The molecule has 2 aromatic heterocycles. The second-order valence-electron chi connectivity index (χ2n) is 4.78. The summed E-state index contributed by atoms with van der Waals surface area (Å²) in [4.78, 5) is 23.2. The predicted molar refractivity (Wildman–Crippen MR) is 81.3 cm³/mol. The van der Waals surface area contributed by atoms with Gasteiger partial charge < -0.3 is 10.2 Å². The first-order valence-corrected chi connectivity index (χ1v) is 7.92. The number of likely N-dealkylation sites (tertiary alicyclic amines) is 1. The van der Waals surface area contributed by atoms with Gasteiger partial charge in [-0.15, -0.1) is 11.3 Å². The molecule has 1 fully saturated rings. The zero-order valence-corrected chi connectivity index (χ0v) is 12.5. The van der Waals surface area contributed by atoms with Crippen LogP contribution in [0.5, 0.6) is 0 Å². The van der Waals surface area contributed by atoms with Gasteiger partial charge in [0.25, 0.3) is 0 Å². The molecule has 0 spiro atoms. The summed E-state index contributed by atoms with van der Waals surface area (Å²) >= 11 is 7.40. The van der Waals surface area contributed by atoms with Gasteiger partial charge in [-0.05, 0) is 42.3 Å². The maximum Gasteiger partial charge on any atom is 0.241 e. The van der Waals surface area contributed by atoms with E-state index in [1.54, 1.807) is 0 Å². The number of hydrogen-bond acceptors (Lipinski definition) is 5. The van der Waals surface area contributed by atoms with Crippen molar-refractivity contribution < 1.29 is 4.79 Å². The number of carbonyl (C=O) groups excluding carboxylic acids is 1. The Morgan fingerprint density at radius 2 is 2.15 bits per heavy atom. The molecule has 2 aromatic rings. The number of rotatable bonds is 3. The number of nitrogens with zero attached hydrogens (tertiary/aromatic N) is 3. The number of piperidine rings is 1. The molecule has 0 aliphatic carbocycles. The standard InChI is InChI=1S/C13H15ClN4OS/c14-13-16-11(9-4-7-20-12(9)17-13)15-8-10(19)18-5-2-1-3-6-18/h4,7H,1-3,5-6,8H2,(H,15,16,17). The summed E-state index contributed by atoms with van der Waals surface area (Å²) in [5.74, 6) is 0.745. The van der Waals surface area contributed by atoms with Crippen LogP contribution >= 0.6 is 22.9 Å². The van der Waals surface area contributed by atoms with Gasteiger partial charge in [-0.3, -0.25) is 4.79 Å². The van der Waals surface area contributed by atoms with Gasteiger partial charge >= 0.3 is 0 Å². The predicted octanol–water partition coefficient (Wildman–Crippen LogP) is 2.77. The molecular formula is C13H15ClN4OS. The summed E-state index contributed by atoms with van der Waals surface area (Å²) in [5.41, 5.74) is 0. The number of aromatic nitrogens is 2. The Morgan fingerprint density at radius 1 is 1.35 bits per heavy atom. The molecule has 1 amide bonds. The lowest BCUT2D eigenvalue weighted by Gasteiger charge is -2.26. The van der Waals surface area contributed by atoms with Crippen LogP contribution in [0.1, 0.15) is 19.3 Å². The molecule has 1 saturated heterocycles. The van der Waals surface area contributed by atoms with Crippen molar-refractivity contribution in [1.29, 1.82) is 0 Å². The highest BCUT2D eigenvalue weighted by Gasteiger charge is 2.17. The van der Waals surface area contributed by atoms with E-state index in [4.69, 9.17) is 11.6 Å². The number of nitrogens with one attached hydrogen (secondary N) is 1. The number of halogens is 1. The lowest BCUT2D eigenvalue weighted by molar-refractivity contribution is -0.130. The highest BCUT2D eigenvalue weighted by atomic mass is 35.5. The summed E-state index contributed by atoms with van der Waals surface area (Å²) in [5, 5.41) is 6.14. The molecule has 0 bridgehead atoms. The van der Waals surface area contributed by atoms with Crippen LogP contribution in [0.15, 0.2) is 11.4 Å². The third-order valence-electron chi connectivity index (χ3n) is 3.41. The van der Waals surface area contributed by atoms with Crippen molar-refractivity contribution >= 4 is 44.9 Å². The fourth-order valence-electron chi connectivity index (χ4n) is 2.38. The van der Waals surface area contributed by atoms with Gasteiger partial charge in [0.05, 0.1) is 11.9 Å². The minimum atomic E-state index is 0.114. The van der Waals surface area contributed by atoms with Gasteiger partial charge in [-0.25, -0.2) is 9.97 Å². The van der Waals surface area contributed by atoms with Gasteiger partial charge in [0.2, 0.25) is 11.2 Å². The fourth-order valence-corrected chi connectivity index (χ4v) is 3.36. The highest BCUT2D eigenvalue weighted by Crippen LogP contribution is 2.26. The lowest BCUT2D eigenvalue weighted by Crippen LogP contribution is -2.39. The fraction of sp³-hybridized carbons (Fsp3) is 0.462. The molecule has 3 heterocycles. The van der Waals surface area contributed by atoms with Crippen LogP contribution in [-0.2, 0) is 4.79 Å². The molecule has 3 rings (SSSR count). The zero-order valence-electron chi connectivity index (χ0n) is 10.9. The third-order valence-corrected chi connectivity index (χ3v) is 4.39. The van der Waals surface area contributed by atoms with Crippen molar-refractivity contribution in [2.75, 3.05) is 25.0 Å². The van der Waals surface area contributed by atoms with Crippen LogP contribution < -0.4 is 5.32 Å². The molecular weight excluding hydrogens is 296 g/mol. The topological polar surface area (TPSA) is 58.1 Å². The largest absolute Gasteiger partial charge is 0.360 e. The van der Waals surface area contributed by atoms with E-state index < -0.39 is 0 Å². The van der Waals surface area contributed by atoms with Crippen molar-refractivity contribution in [3.63, 3.8) is 0 Å². The molecule has 1 aliphatic rings. The van der Waals surface area contributed by atoms with Crippen molar-refractivity contribution in [3.05, 3.63) is 16.7 Å².